The lowest BCUT2D eigenvalue weighted by Crippen LogP contribution is -2.29. The molecule has 1 heterocycles. The maximum atomic E-state index is 11.7. The molecule has 5 heteroatoms. The summed E-state index contributed by atoms with van der Waals surface area (Å²) in [7, 11) is 0. The number of carbonyl (C=O) groups is 1. The van der Waals surface area contributed by atoms with E-state index in [4.69, 9.17) is 4.74 Å². The Hall–Kier alpha value is -1.83. The molecule has 1 aliphatic rings. The summed E-state index contributed by atoms with van der Waals surface area (Å²) in [5.41, 5.74) is 0.445. The van der Waals surface area contributed by atoms with Gasteiger partial charge < -0.3 is 4.74 Å². The van der Waals surface area contributed by atoms with Gasteiger partial charge in [-0.25, -0.2) is 9.48 Å². The molecule has 0 atom stereocenters. The molecule has 0 radical (unpaired) electrons. The van der Waals surface area contributed by atoms with Gasteiger partial charge in [0.1, 0.15) is 11.6 Å². The van der Waals surface area contributed by atoms with Crippen LogP contribution in [-0.4, -0.2) is 22.4 Å². The van der Waals surface area contributed by atoms with Gasteiger partial charge in [0.2, 0.25) is 0 Å². The first-order valence-corrected chi connectivity index (χ1v) is 6.28. The second kappa shape index (κ2) is 4.81. The van der Waals surface area contributed by atoms with E-state index in [0.29, 0.717) is 12.3 Å². The van der Waals surface area contributed by atoms with E-state index in [2.05, 4.69) is 18.1 Å². The van der Waals surface area contributed by atoms with E-state index in [-0.39, 0.29) is 11.1 Å². The van der Waals surface area contributed by atoms with Gasteiger partial charge >= 0.3 is 5.97 Å². The van der Waals surface area contributed by atoms with Gasteiger partial charge in [-0.3, -0.25) is 0 Å². The molecular weight excluding hydrogens is 230 g/mol. The second-order valence-corrected chi connectivity index (χ2v) is 4.85. The minimum Gasteiger partial charge on any atom is -0.462 e. The molecule has 0 N–H and O–H groups in total. The van der Waals surface area contributed by atoms with Crippen LogP contribution in [0.1, 0.15) is 55.6 Å². The normalized spacial score (nSPS) is 17.4. The van der Waals surface area contributed by atoms with Crippen molar-refractivity contribution in [2.45, 2.75) is 45.1 Å². The van der Waals surface area contributed by atoms with Crippen molar-refractivity contribution in [2.24, 2.45) is 0 Å². The fraction of sp³-hybridized carbons (Fsp3) is 0.615. The van der Waals surface area contributed by atoms with Gasteiger partial charge in [0.15, 0.2) is 5.69 Å². The van der Waals surface area contributed by atoms with Crippen LogP contribution in [-0.2, 0) is 10.3 Å². The SMILES string of the molecule is CCOC(=O)c1cnn(C2(C)CCCC2)c1C#N. The van der Waals surface area contributed by atoms with Crippen molar-refractivity contribution in [3.05, 3.63) is 17.5 Å². The second-order valence-electron chi connectivity index (χ2n) is 4.85. The fourth-order valence-corrected chi connectivity index (χ4v) is 2.57. The fourth-order valence-electron chi connectivity index (χ4n) is 2.57. The standard InChI is InChI=1S/C13H17N3O2/c1-3-18-12(17)10-9-15-16(11(10)8-14)13(2)6-4-5-7-13/h9H,3-7H2,1-2H3. The monoisotopic (exact) mass is 247 g/mol. The Balaban J connectivity index is 2.39. The summed E-state index contributed by atoms with van der Waals surface area (Å²) in [6.07, 6.45) is 5.70. The predicted molar refractivity (Wildman–Crippen MR) is 65.0 cm³/mol. The molecule has 2 rings (SSSR count). The molecule has 1 saturated carbocycles. The zero-order valence-electron chi connectivity index (χ0n) is 10.8. The number of rotatable bonds is 3. The highest BCUT2D eigenvalue weighted by molar-refractivity contribution is 5.91. The molecule has 0 amide bonds. The van der Waals surface area contributed by atoms with E-state index < -0.39 is 5.97 Å². The van der Waals surface area contributed by atoms with Gasteiger partial charge in [-0.1, -0.05) is 12.8 Å². The zero-order chi connectivity index (χ0) is 13.2. The first-order chi connectivity index (χ1) is 8.62. The van der Waals surface area contributed by atoms with Gasteiger partial charge in [0.25, 0.3) is 0 Å². The number of esters is 1. The largest absolute Gasteiger partial charge is 0.462 e. The highest BCUT2D eigenvalue weighted by Crippen LogP contribution is 2.36. The van der Waals surface area contributed by atoms with Crippen LogP contribution in [0, 0.1) is 11.3 Å². The number of ether oxygens (including phenoxy) is 1. The van der Waals surface area contributed by atoms with Crippen LogP contribution in [0.2, 0.25) is 0 Å². The van der Waals surface area contributed by atoms with Crippen molar-refractivity contribution in [1.29, 1.82) is 5.26 Å². The number of carbonyl (C=O) groups excluding carboxylic acids is 1. The summed E-state index contributed by atoms with van der Waals surface area (Å²) in [5, 5.41) is 13.5. The molecule has 0 spiro atoms. The van der Waals surface area contributed by atoms with Gasteiger partial charge in [0.05, 0.1) is 18.3 Å². The molecule has 0 unspecified atom stereocenters. The third-order valence-electron chi connectivity index (χ3n) is 3.56. The molecule has 5 nitrogen and oxygen atoms in total. The molecule has 96 valence electrons. The van der Waals surface area contributed by atoms with Crippen LogP contribution < -0.4 is 0 Å². The van der Waals surface area contributed by atoms with Crippen molar-refractivity contribution in [3.63, 3.8) is 0 Å². The summed E-state index contributed by atoms with van der Waals surface area (Å²) in [6, 6.07) is 2.09. The molecule has 0 aliphatic heterocycles. The molecule has 1 aliphatic carbocycles. The van der Waals surface area contributed by atoms with Gasteiger partial charge in [-0.05, 0) is 26.7 Å². The summed E-state index contributed by atoms with van der Waals surface area (Å²) in [6.45, 7) is 4.13. The lowest BCUT2D eigenvalue weighted by atomic mass is 10.0. The number of aromatic nitrogens is 2. The summed E-state index contributed by atoms with van der Waals surface area (Å²) in [5.74, 6) is -0.470. The Morgan fingerprint density at radius 1 is 1.61 bits per heavy atom. The number of hydrogen-bond acceptors (Lipinski definition) is 4. The molecule has 1 aromatic heterocycles. The van der Waals surface area contributed by atoms with Crippen LogP contribution in [0.15, 0.2) is 6.20 Å². The van der Waals surface area contributed by atoms with Gasteiger partial charge in [-0.15, -0.1) is 0 Å². The minimum absolute atomic E-state index is 0.143. The Kier molecular flexibility index (Phi) is 3.37. The van der Waals surface area contributed by atoms with Crippen molar-refractivity contribution in [2.75, 3.05) is 6.61 Å². The average molecular weight is 247 g/mol. The zero-order valence-corrected chi connectivity index (χ0v) is 10.8. The van der Waals surface area contributed by atoms with E-state index in [0.717, 1.165) is 25.7 Å². The molecule has 0 bridgehead atoms. The van der Waals surface area contributed by atoms with Crippen LogP contribution in [0.5, 0.6) is 0 Å². The molecule has 1 aromatic rings. The third-order valence-corrected chi connectivity index (χ3v) is 3.56. The highest BCUT2D eigenvalue weighted by atomic mass is 16.5. The summed E-state index contributed by atoms with van der Waals surface area (Å²) < 4.78 is 6.64. The van der Waals surface area contributed by atoms with E-state index >= 15 is 0 Å². The van der Waals surface area contributed by atoms with E-state index in [9.17, 15) is 10.1 Å². The molecule has 0 saturated heterocycles. The van der Waals surface area contributed by atoms with Crippen LogP contribution in [0.25, 0.3) is 0 Å². The molecule has 0 aromatic carbocycles. The van der Waals surface area contributed by atoms with Crippen LogP contribution >= 0.6 is 0 Å². The van der Waals surface area contributed by atoms with Crippen molar-refractivity contribution in [3.8, 4) is 6.07 Å². The van der Waals surface area contributed by atoms with E-state index in [1.165, 1.54) is 6.20 Å². The van der Waals surface area contributed by atoms with Gasteiger partial charge in [-0.2, -0.15) is 10.4 Å². The minimum atomic E-state index is -0.470. The third kappa shape index (κ3) is 1.99. The van der Waals surface area contributed by atoms with Crippen LogP contribution in [0.3, 0.4) is 0 Å². The number of hydrogen-bond donors (Lipinski definition) is 0. The van der Waals surface area contributed by atoms with E-state index in [1.807, 2.05) is 0 Å². The maximum absolute atomic E-state index is 11.7. The Morgan fingerprint density at radius 2 is 2.28 bits per heavy atom. The molecule has 1 fully saturated rings. The topological polar surface area (TPSA) is 67.9 Å². The first kappa shape index (κ1) is 12.6. The van der Waals surface area contributed by atoms with Crippen LogP contribution in [0.4, 0.5) is 0 Å². The van der Waals surface area contributed by atoms with Crippen molar-refractivity contribution < 1.29 is 9.53 Å². The first-order valence-electron chi connectivity index (χ1n) is 6.28. The quantitative estimate of drug-likeness (QED) is 0.768. The molecule has 18 heavy (non-hydrogen) atoms. The summed E-state index contributed by atoms with van der Waals surface area (Å²) >= 11 is 0. The highest BCUT2D eigenvalue weighted by Gasteiger charge is 2.35. The lowest BCUT2D eigenvalue weighted by molar-refractivity contribution is 0.0525. The van der Waals surface area contributed by atoms with Gasteiger partial charge in [0, 0.05) is 0 Å². The Bertz CT molecular complexity index is 493. The predicted octanol–water partition coefficient (Wildman–Crippen LogP) is 2.22. The number of nitrogens with zero attached hydrogens (tertiary/aromatic N) is 3. The maximum Gasteiger partial charge on any atom is 0.342 e. The molecular formula is C13H17N3O2. The van der Waals surface area contributed by atoms with E-state index in [1.54, 1.807) is 11.6 Å². The summed E-state index contributed by atoms with van der Waals surface area (Å²) in [4.78, 5) is 11.7. The lowest BCUT2D eigenvalue weighted by Gasteiger charge is -2.25. The van der Waals surface area contributed by atoms with Crippen molar-refractivity contribution in [1.82, 2.24) is 9.78 Å². The number of nitriles is 1. The Labute approximate surface area is 106 Å². The smallest absolute Gasteiger partial charge is 0.342 e. The average Bonchev–Trinajstić information content (AvgIpc) is 2.95. The Morgan fingerprint density at radius 3 is 2.83 bits per heavy atom. The van der Waals surface area contributed by atoms with Crippen molar-refractivity contribution >= 4 is 5.97 Å².